The molecule has 0 amide bonds. The number of ketones is 1. The Balaban J connectivity index is 0.00000102. The predicted octanol–water partition coefficient (Wildman–Crippen LogP) is 6.13. The number of rotatable bonds is 4. The molecule has 0 saturated carbocycles. The van der Waals surface area contributed by atoms with Crippen LogP contribution in [0.1, 0.15) is 65.9 Å². The molecule has 0 fully saturated rings. The van der Waals surface area contributed by atoms with E-state index in [0.29, 0.717) is 12.3 Å². The highest BCUT2D eigenvalue weighted by atomic mass is 19.1. The summed E-state index contributed by atoms with van der Waals surface area (Å²) in [7, 11) is 0. The highest BCUT2D eigenvalue weighted by Gasteiger charge is 2.17. The highest BCUT2D eigenvalue weighted by molar-refractivity contribution is 5.91. The van der Waals surface area contributed by atoms with Gasteiger partial charge in [0.05, 0.1) is 0 Å². The molecule has 0 aromatic heterocycles. The SMILES string of the molecule is CC.CC.CC1=CC(=O)CC(CCCc2ccc(F)cc2)C1. The van der Waals surface area contributed by atoms with Crippen molar-refractivity contribution in [1.82, 2.24) is 0 Å². The summed E-state index contributed by atoms with van der Waals surface area (Å²) in [5.74, 6) is 0.589. The highest BCUT2D eigenvalue weighted by Crippen LogP contribution is 2.26. The molecule has 1 aromatic carbocycles. The summed E-state index contributed by atoms with van der Waals surface area (Å²) < 4.78 is 12.7. The Morgan fingerprint density at radius 2 is 1.64 bits per heavy atom. The molecule has 0 spiro atoms. The zero-order chi connectivity index (χ0) is 17.0. The van der Waals surface area contributed by atoms with Crippen LogP contribution in [0.25, 0.3) is 0 Å². The summed E-state index contributed by atoms with van der Waals surface area (Å²) in [6, 6.07) is 6.69. The van der Waals surface area contributed by atoms with Gasteiger partial charge in [0.2, 0.25) is 0 Å². The van der Waals surface area contributed by atoms with Crippen molar-refractivity contribution in [1.29, 1.82) is 0 Å². The first-order chi connectivity index (χ1) is 10.6. The minimum Gasteiger partial charge on any atom is -0.295 e. The molecule has 2 rings (SSSR count). The first-order valence-electron chi connectivity index (χ1n) is 8.58. The second kappa shape index (κ2) is 12.1. The van der Waals surface area contributed by atoms with Gasteiger partial charge in [-0.2, -0.15) is 0 Å². The number of allylic oxidation sites excluding steroid dienone is 2. The van der Waals surface area contributed by atoms with E-state index in [4.69, 9.17) is 0 Å². The van der Waals surface area contributed by atoms with Crippen molar-refractivity contribution < 1.29 is 9.18 Å². The molecule has 2 heteroatoms. The van der Waals surface area contributed by atoms with Crippen molar-refractivity contribution in [2.45, 2.75) is 66.7 Å². The summed E-state index contributed by atoms with van der Waals surface area (Å²) in [4.78, 5) is 11.4. The number of aryl methyl sites for hydroxylation is 1. The van der Waals surface area contributed by atoms with Crippen LogP contribution in [0.4, 0.5) is 4.39 Å². The summed E-state index contributed by atoms with van der Waals surface area (Å²) in [6.07, 6.45) is 6.63. The molecule has 0 aliphatic heterocycles. The first kappa shape index (κ1) is 20.6. The first-order valence-corrected chi connectivity index (χ1v) is 8.58. The molecule has 1 nitrogen and oxygen atoms in total. The van der Waals surface area contributed by atoms with Crippen LogP contribution < -0.4 is 0 Å². The van der Waals surface area contributed by atoms with Crippen molar-refractivity contribution >= 4 is 5.78 Å². The van der Waals surface area contributed by atoms with E-state index in [9.17, 15) is 9.18 Å². The quantitative estimate of drug-likeness (QED) is 0.654. The van der Waals surface area contributed by atoms with Crippen LogP contribution in [-0.2, 0) is 11.2 Å². The lowest BCUT2D eigenvalue weighted by Crippen LogP contribution is -2.13. The smallest absolute Gasteiger partial charge is 0.155 e. The monoisotopic (exact) mass is 306 g/mol. The Morgan fingerprint density at radius 3 is 2.18 bits per heavy atom. The zero-order valence-electron chi connectivity index (χ0n) is 14.8. The maximum Gasteiger partial charge on any atom is 0.155 e. The predicted molar refractivity (Wildman–Crippen MR) is 93.5 cm³/mol. The van der Waals surface area contributed by atoms with Gasteiger partial charge >= 0.3 is 0 Å². The normalized spacial score (nSPS) is 16.7. The average Bonchev–Trinajstić information content (AvgIpc) is 2.52. The fraction of sp³-hybridized carbons (Fsp3) is 0.550. The molecule has 1 aliphatic rings. The third-order valence-corrected chi connectivity index (χ3v) is 3.50. The molecule has 1 aromatic rings. The van der Waals surface area contributed by atoms with E-state index < -0.39 is 0 Å². The van der Waals surface area contributed by atoms with Gasteiger partial charge in [0.1, 0.15) is 5.82 Å². The molecule has 124 valence electrons. The second-order valence-corrected chi connectivity index (χ2v) is 5.25. The lowest BCUT2D eigenvalue weighted by Gasteiger charge is -2.19. The Bertz CT molecular complexity index is 445. The Morgan fingerprint density at radius 1 is 1.05 bits per heavy atom. The van der Waals surface area contributed by atoms with E-state index in [1.54, 1.807) is 6.08 Å². The van der Waals surface area contributed by atoms with Crippen LogP contribution in [0.2, 0.25) is 0 Å². The lowest BCUT2D eigenvalue weighted by atomic mass is 9.85. The molecule has 1 unspecified atom stereocenters. The van der Waals surface area contributed by atoms with Crippen LogP contribution in [0.3, 0.4) is 0 Å². The maximum absolute atomic E-state index is 12.7. The van der Waals surface area contributed by atoms with Gasteiger partial charge in [-0.05, 0) is 62.3 Å². The number of hydrogen-bond donors (Lipinski definition) is 0. The van der Waals surface area contributed by atoms with E-state index in [1.807, 2.05) is 46.8 Å². The molecule has 0 radical (unpaired) electrons. The van der Waals surface area contributed by atoms with Crippen molar-refractivity contribution in [2.24, 2.45) is 5.92 Å². The third-order valence-electron chi connectivity index (χ3n) is 3.50. The number of halogens is 1. The van der Waals surface area contributed by atoms with Gasteiger partial charge in [-0.1, -0.05) is 45.4 Å². The van der Waals surface area contributed by atoms with E-state index in [2.05, 4.69) is 0 Å². The van der Waals surface area contributed by atoms with Gasteiger partial charge in [-0.15, -0.1) is 0 Å². The third kappa shape index (κ3) is 8.11. The van der Waals surface area contributed by atoms with Crippen LogP contribution in [0.5, 0.6) is 0 Å². The minimum atomic E-state index is -0.183. The van der Waals surface area contributed by atoms with Gasteiger partial charge < -0.3 is 0 Å². The van der Waals surface area contributed by atoms with Crippen molar-refractivity contribution in [3.63, 3.8) is 0 Å². The van der Waals surface area contributed by atoms with Gasteiger partial charge in [0.25, 0.3) is 0 Å². The molecular formula is C20H31FO. The molecule has 1 aliphatic carbocycles. The largest absolute Gasteiger partial charge is 0.295 e. The summed E-state index contributed by atoms with van der Waals surface area (Å²) in [5, 5.41) is 0. The molecule has 22 heavy (non-hydrogen) atoms. The zero-order valence-corrected chi connectivity index (χ0v) is 14.8. The van der Waals surface area contributed by atoms with Crippen molar-refractivity contribution in [2.75, 3.05) is 0 Å². The number of carbonyl (C=O) groups excluding carboxylic acids is 1. The maximum atomic E-state index is 12.7. The molecule has 0 N–H and O–H groups in total. The fourth-order valence-electron chi connectivity index (χ4n) is 2.65. The van der Waals surface area contributed by atoms with E-state index in [0.717, 1.165) is 25.7 Å². The van der Waals surface area contributed by atoms with Crippen LogP contribution in [0, 0.1) is 11.7 Å². The average molecular weight is 306 g/mol. The van der Waals surface area contributed by atoms with Gasteiger partial charge in [0.15, 0.2) is 5.78 Å². The van der Waals surface area contributed by atoms with Gasteiger partial charge in [-0.3, -0.25) is 4.79 Å². The molecule has 1 atom stereocenters. The van der Waals surface area contributed by atoms with E-state index in [1.165, 1.54) is 23.3 Å². The number of hydrogen-bond acceptors (Lipinski definition) is 1. The molecule has 0 bridgehead atoms. The standard InChI is InChI=1S/C16H19FO.2C2H6/c1-12-9-14(11-16(18)10-12)4-2-3-13-5-7-15(17)8-6-13;2*1-2/h5-8,10,14H,2-4,9,11H2,1H3;2*1-2H3. The fourth-order valence-corrected chi connectivity index (χ4v) is 2.65. The Labute approximate surface area is 135 Å². The Hall–Kier alpha value is -1.44. The topological polar surface area (TPSA) is 17.1 Å². The lowest BCUT2D eigenvalue weighted by molar-refractivity contribution is -0.116. The summed E-state index contributed by atoms with van der Waals surface area (Å²) in [6.45, 7) is 10.0. The Kier molecular flexibility index (Phi) is 11.3. The van der Waals surface area contributed by atoms with Crippen LogP contribution in [-0.4, -0.2) is 5.78 Å². The van der Waals surface area contributed by atoms with Crippen molar-refractivity contribution in [3.05, 3.63) is 47.3 Å². The van der Waals surface area contributed by atoms with Crippen LogP contribution >= 0.6 is 0 Å². The van der Waals surface area contributed by atoms with Crippen molar-refractivity contribution in [3.8, 4) is 0 Å². The molecule has 0 saturated heterocycles. The summed E-state index contributed by atoms with van der Waals surface area (Å²) in [5.41, 5.74) is 2.38. The second-order valence-electron chi connectivity index (χ2n) is 5.25. The van der Waals surface area contributed by atoms with E-state index in [-0.39, 0.29) is 11.6 Å². The minimum absolute atomic E-state index is 0.183. The van der Waals surface area contributed by atoms with Gasteiger partial charge in [-0.25, -0.2) is 4.39 Å². The summed E-state index contributed by atoms with van der Waals surface area (Å²) >= 11 is 0. The van der Waals surface area contributed by atoms with E-state index >= 15 is 0 Å². The number of benzene rings is 1. The molecular weight excluding hydrogens is 275 g/mol. The van der Waals surface area contributed by atoms with Crippen LogP contribution in [0.15, 0.2) is 35.9 Å². The number of carbonyl (C=O) groups is 1. The molecule has 0 heterocycles. The van der Waals surface area contributed by atoms with Gasteiger partial charge in [0, 0.05) is 6.42 Å².